The molecule has 0 atom stereocenters. The van der Waals surface area contributed by atoms with E-state index in [4.69, 9.17) is 4.55 Å². The maximum Gasteiger partial charge on any atom is 0.328 e. The first-order chi connectivity index (χ1) is 7.82. The molecule has 0 radical (unpaired) electrons. The van der Waals surface area contributed by atoms with Gasteiger partial charge in [0, 0.05) is 7.05 Å². The Bertz CT molecular complexity index is 815. The summed E-state index contributed by atoms with van der Waals surface area (Å²) in [6.07, 6.45) is 0. The van der Waals surface area contributed by atoms with Crippen LogP contribution in [0.25, 0.3) is 10.9 Å². The van der Waals surface area contributed by atoms with E-state index in [9.17, 15) is 18.0 Å². The smallest absolute Gasteiger partial charge is 0.296 e. The van der Waals surface area contributed by atoms with E-state index in [2.05, 4.69) is 0 Å². The highest BCUT2D eigenvalue weighted by atomic mass is 32.2. The minimum atomic E-state index is -4.52. The molecule has 1 aromatic heterocycles. The maximum absolute atomic E-state index is 11.6. The average Bonchev–Trinajstić information content (AvgIpc) is 2.24. The van der Waals surface area contributed by atoms with E-state index >= 15 is 0 Å². The maximum atomic E-state index is 11.6. The van der Waals surface area contributed by atoms with Crippen LogP contribution in [0.15, 0.2) is 32.7 Å². The summed E-state index contributed by atoms with van der Waals surface area (Å²) in [6, 6.07) is 3.85. The lowest BCUT2D eigenvalue weighted by atomic mass is 10.2. The van der Waals surface area contributed by atoms with Gasteiger partial charge in [0.25, 0.3) is 15.7 Å². The highest BCUT2D eigenvalue weighted by Gasteiger charge is 2.17. The first-order valence-electron chi connectivity index (χ1n) is 4.52. The Kier molecular flexibility index (Phi) is 2.40. The number of aryl methyl sites for hydroxylation is 1. The summed E-state index contributed by atoms with van der Waals surface area (Å²) in [5.74, 6) is 0. The zero-order chi connectivity index (χ0) is 12.8. The molecule has 1 aromatic carbocycles. The van der Waals surface area contributed by atoms with Crippen LogP contribution in [0.5, 0.6) is 0 Å². The number of aromatic amines is 1. The first kappa shape index (κ1) is 11.6. The van der Waals surface area contributed by atoms with Gasteiger partial charge in [-0.15, -0.1) is 0 Å². The molecule has 0 bridgehead atoms. The molecule has 90 valence electrons. The molecule has 0 aliphatic heterocycles. The lowest BCUT2D eigenvalue weighted by molar-refractivity contribution is 0.484. The lowest BCUT2D eigenvalue weighted by Gasteiger charge is -2.05. The molecule has 0 amide bonds. The van der Waals surface area contributed by atoms with Gasteiger partial charge in [-0.3, -0.25) is 18.9 Å². The van der Waals surface area contributed by atoms with E-state index in [1.54, 1.807) is 0 Å². The second-order valence-corrected chi connectivity index (χ2v) is 4.83. The van der Waals surface area contributed by atoms with Crippen molar-refractivity contribution >= 4 is 21.0 Å². The average molecular weight is 256 g/mol. The standard InChI is InChI=1S/C9H8N2O5S/c1-11-5-3-2-4-6(17(14,15)16)7(5)8(12)10-9(11)13/h2-4H,1H3,(H,10,12,13)(H,14,15,16). The highest BCUT2D eigenvalue weighted by Crippen LogP contribution is 2.17. The molecule has 17 heavy (non-hydrogen) atoms. The van der Waals surface area contributed by atoms with Gasteiger partial charge in [0.2, 0.25) is 0 Å². The topological polar surface area (TPSA) is 109 Å². The molecule has 0 fully saturated rings. The van der Waals surface area contributed by atoms with Gasteiger partial charge >= 0.3 is 5.69 Å². The predicted molar refractivity (Wildman–Crippen MR) is 59.6 cm³/mol. The van der Waals surface area contributed by atoms with Crippen molar-refractivity contribution in [2.24, 2.45) is 7.05 Å². The van der Waals surface area contributed by atoms with Crippen LogP contribution in [-0.2, 0) is 17.2 Å². The number of benzene rings is 1. The molecular weight excluding hydrogens is 248 g/mol. The summed E-state index contributed by atoms with van der Waals surface area (Å²) < 4.78 is 32.3. The Hall–Kier alpha value is -1.93. The SMILES string of the molecule is Cn1c(=O)[nH]c(=O)c2c(S(=O)(=O)O)cccc21. The van der Waals surface area contributed by atoms with E-state index in [0.29, 0.717) is 0 Å². The second kappa shape index (κ2) is 3.54. The van der Waals surface area contributed by atoms with Crippen molar-refractivity contribution in [2.45, 2.75) is 4.90 Å². The Morgan fingerprint density at radius 1 is 1.29 bits per heavy atom. The molecule has 1 heterocycles. The van der Waals surface area contributed by atoms with Crippen LogP contribution in [0.1, 0.15) is 0 Å². The van der Waals surface area contributed by atoms with E-state index in [-0.39, 0.29) is 10.9 Å². The number of hydrogen-bond acceptors (Lipinski definition) is 4. The fourth-order valence-corrected chi connectivity index (χ4v) is 2.30. The van der Waals surface area contributed by atoms with Gasteiger partial charge in [-0.2, -0.15) is 8.42 Å². The number of fused-ring (bicyclic) bond motifs is 1. The molecule has 0 saturated heterocycles. The predicted octanol–water partition coefficient (Wildman–Crippen LogP) is -0.526. The van der Waals surface area contributed by atoms with Gasteiger partial charge in [0.15, 0.2) is 0 Å². The Labute approximate surface area is 95.1 Å². The Balaban J connectivity index is 3.18. The quantitative estimate of drug-likeness (QED) is 0.667. The number of H-pyrrole nitrogens is 1. The van der Waals surface area contributed by atoms with E-state index in [1.807, 2.05) is 4.98 Å². The zero-order valence-electron chi connectivity index (χ0n) is 8.67. The van der Waals surface area contributed by atoms with Crippen molar-refractivity contribution in [3.05, 3.63) is 39.0 Å². The molecular formula is C9H8N2O5S. The highest BCUT2D eigenvalue weighted by molar-refractivity contribution is 7.86. The van der Waals surface area contributed by atoms with Gasteiger partial charge in [-0.1, -0.05) is 6.07 Å². The van der Waals surface area contributed by atoms with E-state index in [0.717, 1.165) is 10.6 Å². The summed E-state index contributed by atoms with van der Waals surface area (Å²) in [5, 5.41) is -0.239. The Morgan fingerprint density at radius 3 is 2.53 bits per heavy atom. The van der Waals surface area contributed by atoms with E-state index in [1.165, 1.54) is 19.2 Å². The lowest BCUT2D eigenvalue weighted by Crippen LogP contribution is -2.29. The van der Waals surface area contributed by atoms with Gasteiger partial charge in [-0.05, 0) is 12.1 Å². The molecule has 2 N–H and O–H groups in total. The van der Waals surface area contributed by atoms with Gasteiger partial charge < -0.3 is 0 Å². The summed E-state index contributed by atoms with van der Waals surface area (Å²) >= 11 is 0. The molecule has 2 rings (SSSR count). The summed E-state index contributed by atoms with van der Waals surface area (Å²) in [7, 11) is -3.13. The van der Waals surface area contributed by atoms with Crippen molar-refractivity contribution < 1.29 is 13.0 Å². The van der Waals surface area contributed by atoms with Crippen molar-refractivity contribution in [1.29, 1.82) is 0 Å². The van der Waals surface area contributed by atoms with Crippen LogP contribution < -0.4 is 11.2 Å². The number of nitrogens with zero attached hydrogens (tertiary/aromatic N) is 1. The summed E-state index contributed by atoms with van der Waals surface area (Å²) in [6.45, 7) is 0. The second-order valence-electron chi connectivity index (χ2n) is 3.44. The van der Waals surface area contributed by atoms with Crippen molar-refractivity contribution in [3.63, 3.8) is 0 Å². The molecule has 0 aliphatic carbocycles. The van der Waals surface area contributed by atoms with E-state index < -0.39 is 26.3 Å². The molecule has 2 aromatic rings. The van der Waals surface area contributed by atoms with Crippen LogP contribution in [0.2, 0.25) is 0 Å². The Morgan fingerprint density at radius 2 is 1.94 bits per heavy atom. The fourth-order valence-electron chi connectivity index (χ4n) is 1.60. The van der Waals surface area contributed by atoms with Crippen LogP contribution in [0.3, 0.4) is 0 Å². The molecule has 7 nitrogen and oxygen atoms in total. The molecule has 0 unspecified atom stereocenters. The van der Waals surface area contributed by atoms with Gasteiger partial charge in [-0.25, -0.2) is 4.79 Å². The van der Waals surface area contributed by atoms with Crippen LogP contribution in [-0.4, -0.2) is 22.5 Å². The summed E-state index contributed by atoms with van der Waals surface area (Å²) in [5.41, 5.74) is -1.37. The fraction of sp³-hybridized carbons (Fsp3) is 0.111. The third-order valence-corrected chi connectivity index (χ3v) is 3.29. The monoisotopic (exact) mass is 256 g/mol. The first-order valence-corrected chi connectivity index (χ1v) is 5.96. The molecule has 0 spiro atoms. The van der Waals surface area contributed by atoms with Crippen LogP contribution >= 0.6 is 0 Å². The number of hydrogen-bond donors (Lipinski definition) is 2. The van der Waals surface area contributed by atoms with Gasteiger partial charge in [0.1, 0.15) is 4.90 Å². The third kappa shape index (κ3) is 1.77. The van der Waals surface area contributed by atoms with Gasteiger partial charge in [0.05, 0.1) is 10.9 Å². The number of aromatic nitrogens is 2. The third-order valence-electron chi connectivity index (χ3n) is 2.40. The normalized spacial score (nSPS) is 11.9. The van der Waals surface area contributed by atoms with Crippen molar-refractivity contribution in [1.82, 2.24) is 9.55 Å². The van der Waals surface area contributed by atoms with Crippen molar-refractivity contribution in [2.75, 3.05) is 0 Å². The van der Waals surface area contributed by atoms with Crippen LogP contribution in [0.4, 0.5) is 0 Å². The molecule has 8 heteroatoms. The number of rotatable bonds is 1. The zero-order valence-corrected chi connectivity index (χ0v) is 9.48. The molecule has 0 saturated carbocycles. The van der Waals surface area contributed by atoms with Crippen molar-refractivity contribution in [3.8, 4) is 0 Å². The molecule has 0 aliphatic rings. The largest absolute Gasteiger partial charge is 0.328 e. The minimum absolute atomic E-state index is 0.133. The summed E-state index contributed by atoms with van der Waals surface area (Å²) in [4.78, 5) is 24.3. The van der Waals surface area contributed by atoms with Crippen LogP contribution in [0, 0.1) is 0 Å². The minimum Gasteiger partial charge on any atom is -0.296 e. The number of nitrogens with one attached hydrogen (secondary N) is 1.